The van der Waals surface area contributed by atoms with Gasteiger partial charge in [0.25, 0.3) is 0 Å². The van der Waals surface area contributed by atoms with Crippen LogP contribution in [0, 0.1) is 5.41 Å². The minimum absolute atomic E-state index is 0.104. The standard InChI is InChI=1S/C13H22O2/c1-11(14)15-12-6-5-9-13(10-12)7-3-2-4-8-13/h12H,2-10H2,1H3. The lowest BCUT2D eigenvalue weighted by Crippen LogP contribution is -2.35. The molecule has 2 rings (SSSR count). The molecule has 0 aliphatic heterocycles. The van der Waals surface area contributed by atoms with Gasteiger partial charge in [-0.15, -0.1) is 0 Å². The minimum atomic E-state index is -0.104. The first-order valence-electron chi connectivity index (χ1n) is 6.37. The summed E-state index contributed by atoms with van der Waals surface area (Å²) in [6, 6.07) is 0. The molecule has 0 aromatic carbocycles. The Bertz CT molecular complexity index is 223. The van der Waals surface area contributed by atoms with Crippen LogP contribution in [-0.4, -0.2) is 12.1 Å². The van der Waals surface area contributed by atoms with Crippen LogP contribution in [0.4, 0.5) is 0 Å². The Labute approximate surface area is 92.4 Å². The monoisotopic (exact) mass is 210 g/mol. The van der Waals surface area contributed by atoms with Gasteiger partial charge in [-0.05, 0) is 43.9 Å². The Morgan fingerprint density at radius 1 is 1.13 bits per heavy atom. The minimum Gasteiger partial charge on any atom is -0.463 e. The number of carbonyl (C=O) groups excluding carboxylic acids is 1. The first-order valence-corrected chi connectivity index (χ1v) is 6.37. The van der Waals surface area contributed by atoms with Gasteiger partial charge in [-0.1, -0.05) is 19.3 Å². The first kappa shape index (κ1) is 11.0. The third kappa shape index (κ3) is 2.73. The van der Waals surface area contributed by atoms with Crippen molar-refractivity contribution in [2.24, 2.45) is 5.41 Å². The summed E-state index contributed by atoms with van der Waals surface area (Å²) in [6.07, 6.45) is 11.9. The summed E-state index contributed by atoms with van der Waals surface area (Å²) in [5, 5.41) is 0. The molecule has 0 aromatic rings. The highest BCUT2D eigenvalue weighted by Crippen LogP contribution is 2.47. The second kappa shape index (κ2) is 4.54. The van der Waals surface area contributed by atoms with Gasteiger partial charge in [-0.25, -0.2) is 0 Å². The van der Waals surface area contributed by atoms with Gasteiger partial charge < -0.3 is 4.74 Å². The van der Waals surface area contributed by atoms with Crippen LogP contribution in [-0.2, 0) is 9.53 Å². The predicted molar refractivity (Wildman–Crippen MR) is 59.5 cm³/mol. The van der Waals surface area contributed by atoms with Crippen LogP contribution >= 0.6 is 0 Å². The van der Waals surface area contributed by atoms with Gasteiger partial charge in [0, 0.05) is 6.92 Å². The van der Waals surface area contributed by atoms with E-state index in [0.29, 0.717) is 5.41 Å². The van der Waals surface area contributed by atoms with Gasteiger partial charge in [-0.2, -0.15) is 0 Å². The van der Waals surface area contributed by atoms with Crippen LogP contribution in [0.15, 0.2) is 0 Å². The molecule has 2 saturated carbocycles. The summed E-state index contributed by atoms with van der Waals surface area (Å²) in [5.41, 5.74) is 0.538. The Morgan fingerprint density at radius 2 is 1.80 bits per heavy atom. The van der Waals surface area contributed by atoms with E-state index in [2.05, 4.69) is 0 Å². The Balaban J connectivity index is 1.93. The fourth-order valence-corrected chi connectivity index (χ4v) is 3.48. The Morgan fingerprint density at radius 3 is 2.47 bits per heavy atom. The number of hydrogen-bond acceptors (Lipinski definition) is 2. The third-order valence-corrected chi connectivity index (χ3v) is 4.14. The predicted octanol–water partition coefficient (Wildman–Crippen LogP) is 3.44. The summed E-state index contributed by atoms with van der Waals surface area (Å²) >= 11 is 0. The Kier molecular flexibility index (Phi) is 3.32. The molecule has 1 unspecified atom stereocenters. The largest absolute Gasteiger partial charge is 0.463 e. The maximum atomic E-state index is 11.0. The lowest BCUT2D eigenvalue weighted by Gasteiger charge is -2.43. The van der Waals surface area contributed by atoms with Crippen molar-refractivity contribution in [2.45, 2.75) is 70.8 Å². The molecule has 0 heterocycles. The topological polar surface area (TPSA) is 26.3 Å². The smallest absolute Gasteiger partial charge is 0.302 e. The zero-order valence-electron chi connectivity index (χ0n) is 9.76. The normalized spacial score (nSPS) is 30.1. The van der Waals surface area contributed by atoms with E-state index in [9.17, 15) is 4.79 Å². The molecule has 0 bridgehead atoms. The van der Waals surface area contributed by atoms with E-state index in [0.717, 1.165) is 12.8 Å². The average Bonchev–Trinajstić information content (AvgIpc) is 2.17. The van der Waals surface area contributed by atoms with Crippen molar-refractivity contribution in [3.8, 4) is 0 Å². The van der Waals surface area contributed by atoms with E-state index in [4.69, 9.17) is 4.74 Å². The molecule has 2 heteroatoms. The number of hydrogen-bond donors (Lipinski definition) is 0. The lowest BCUT2D eigenvalue weighted by molar-refractivity contribution is -0.150. The SMILES string of the molecule is CC(=O)OC1CCCC2(CCCCC2)C1. The molecule has 0 radical (unpaired) electrons. The number of carbonyl (C=O) groups is 1. The molecular formula is C13H22O2. The molecule has 2 fully saturated rings. The zero-order valence-corrected chi connectivity index (χ0v) is 9.76. The Hall–Kier alpha value is -0.530. The van der Waals surface area contributed by atoms with Gasteiger partial charge >= 0.3 is 5.97 Å². The van der Waals surface area contributed by atoms with E-state index in [1.54, 1.807) is 0 Å². The van der Waals surface area contributed by atoms with Crippen molar-refractivity contribution in [1.82, 2.24) is 0 Å². The van der Waals surface area contributed by atoms with Gasteiger partial charge in [0.2, 0.25) is 0 Å². The van der Waals surface area contributed by atoms with E-state index in [1.165, 1.54) is 51.9 Å². The molecule has 15 heavy (non-hydrogen) atoms. The fourth-order valence-electron chi connectivity index (χ4n) is 3.48. The molecule has 86 valence electrons. The second-order valence-corrected chi connectivity index (χ2v) is 5.39. The van der Waals surface area contributed by atoms with Crippen molar-refractivity contribution in [3.63, 3.8) is 0 Å². The van der Waals surface area contributed by atoms with Crippen molar-refractivity contribution in [2.75, 3.05) is 0 Å². The van der Waals surface area contributed by atoms with Crippen molar-refractivity contribution in [3.05, 3.63) is 0 Å². The summed E-state index contributed by atoms with van der Waals surface area (Å²) < 4.78 is 5.38. The molecule has 2 aliphatic carbocycles. The molecule has 1 spiro atoms. The van der Waals surface area contributed by atoms with E-state index < -0.39 is 0 Å². The maximum Gasteiger partial charge on any atom is 0.302 e. The second-order valence-electron chi connectivity index (χ2n) is 5.39. The van der Waals surface area contributed by atoms with Crippen molar-refractivity contribution in [1.29, 1.82) is 0 Å². The van der Waals surface area contributed by atoms with Crippen molar-refractivity contribution >= 4 is 5.97 Å². The van der Waals surface area contributed by atoms with Gasteiger partial charge in [0.15, 0.2) is 0 Å². The van der Waals surface area contributed by atoms with Crippen LogP contribution in [0.25, 0.3) is 0 Å². The number of ether oxygens (including phenoxy) is 1. The summed E-state index contributed by atoms with van der Waals surface area (Å²) in [7, 11) is 0. The van der Waals surface area contributed by atoms with Crippen LogP contribution in [0.3, 0.4) is 0 Å². The maximum absolute atomic E-state index is 11.0. The summed E-state index contributed by atoms with van der Waals surface area (Å²) in [5.74, 6) is -0.104. The summed E-state index contributed by atoms with van der Waals surface area (Å²) in [4.78, 5) is 11.0. The molecule has 2 aliphatic rings. The highest BCUT2D eigenvalue weighted by molar-refractivity contribution is 5.66. The van der Waals surface area contributed by atoms with Gasteiger partial charge in [-0.3, -0.25) is 4.79 Å². The molecule has 0 amide bonds. The van der Waals surface area contributed by atoms with E-state index >= 15 is 0 Å². The number of rotatable bonds is 1. The summed E-state index contributed by atoms with van der Waals surface area (Å²) in [6.45, 7) is 1.53. The third-order valence-electron chi connectivity index (χ3n) is 4.14. The number of esters is 1. The van der Waals surface area contributed by atoms with Crippen LogP contribution in [0.1, 0.15) is 64.7 Å². The van der Waals surface area contributed by atoms with Gasteiger partial charge in [0.05, 0.1) is 0 Å². The molecule has 1 atom stereocenters. The molecule has 0 saturated heterocycles. The van der Waals surface area contributed by atoms with Crippen LogP contribution in [0.2, 0.25) is 0 Å². The lowest BCUT2D eigenvalue weighted by atomic mass is 9.65. The first-order chi connectivity index (χ1) is 7.20. The average molecular weight is 210 g/mol. The highest BCUT2D eigenvalue weighted by atomic mass is 16.5. The highest BCUT2D eigenvalue weighted by Gasteiger charge is 2.38. The van der Waals surface area contributed by atoms with E-state index in [-0.39, 0.29) is 12.1 Å². The molecule has 0 aromatic heterocycles. The molecular weight excluding hydrogens is 188 g/mol. The van der Waals surface area contributed by atoms with E-state index in [1.807, 2.05) is 0 Å². The van der Waals surface area contributed by atoms with Crippen LogP contribution < -0.4 is 0 Å². The molecule has 2 nitrogen and oxygen atoms in total. The van der Waals surface area contributed by atoms with Gasteiger partial charge in [0.1, 0.15) is 6.10 Å². The van der Waals surface area contributed by atoms with Crippen LogP contribution in [0.5, 0.6) is 0 Å². The molecule has 0 N–H and O–H groups in total. The van der Waals surface area contributed by atoms with Crippen molar-refractivity contribution < 1.29 is 9.53 Å². The quantitative estimate of drug-likeness (QED) is 0.620. The zero-order chi connectivity index (χ0) is 10.7. The fraction of sp³-hybridized carbons (Fsp3) is 0.923.